The second-order valence-electron chi connectivity index (χ2n) is 7.78. The molecule has 1 atom stereocenters. The van der Waals surface area contributed by atoms with Crippen LogP contribution in [-0.2, 0) is 24.1 Å². The van der Waals surface area contributed by atoms with Gasteiger partial charge in [-0.2, -0.15) is 0 Å². The lowest BCUT2D eigenvalue weighted by atomic mass is 10.0. The molecular weight excluding hydrogens is 502 g/mol. The van der Waals surface area contributed by atoms with Crippen LogP contribution in [0, 0.1) is 0 Å². The molecule has 0 aliphatic heterocycles. The lowest BCUT2D eigenvalue weighted by Crippen LogP contribution is -2.09. The molecule has 0 amide bonds. The number of carbonyl (C=O) groups is 1. The Labute approximate surface area is 205 Å². The minimum Gasteiger partial charge on any atom is -0.506 e. The number of thioether (sulfide) groups is 1. The molecule has 2 aromatic carbocycles. The third kappa shape index (κ3) is 4.68. The standard InChI is InChI=1S/C25H26BrN3O3S/c1-4-32-25(31)23-21(14-33-16(2)17-8-6-5-7-9-17)28(3)20-12-19(26)24(30)18(22(20)23)13-29-11-10-27-15-29/h5-12,15-16,30H,4,13-14H2,1-3H3. The Balaban J connectivity index is 1.84. The number of phenols is 1. The number of hydrogen-bond donors (Lipinski definition) is 1. The number of nitrogens with zero attached hydrogens (tertiary/aromatic N) is 3. The largest absolute Gasteiger partial charge is 0.506 e. The van der Waals surface area contributed by atoms with Crippen molar-refractivity contribution in [1.29, 1.82) is 0 Å². The molecule has 4 aromatic rings. The summed E-state index contributed by atoms with van der Waals surface area (Å²) in [6.45, 7) is 4.63. The van der Waals surface area contributed by atoms with Crippen LogP contribution in [0.2, 0.25) is 0 Å². The molecule has 2 aromatic heterocycles. The molecule has 4 rings (SSSR count). The first-order chi connectivity index (χ1) is 15.9. The third-order valence-electron chi connectivity index (χ3n) is 5.76. The van der Waals surface area contributed by atoms with Gasteiger partial charge in [-0.3, -0.25) is 0 Å². The summed E-state index contributed by atoms with van der Waals surface area (Å²) in [6, 6.07) is 12.2. The van der Waals surface area contributed by atoms with Crippen molar-refractivity contribution in [3.05, 3.63) is 82.0 Å². The van der Waals surface area contributed by atoms with Crippen LogP contribution in [0.5, 0.6) is 5.75 Å². The number of benzene rings is 2. The second kappa shape index (κ2) is 10.1. The number of hydrogen-bond acceptors (Lipinski definition) is 5. The van der Waals surface area contributed by atoms with Gasteiger partial charge in [0.15, 0.2) is 0 Å². The zero-order valence-electron chi connectivity index (χ0n) is 18.8. The summed E-state index contributed by atoms with van der Waals surface area (Å²) in [7, 11) is 1.96. The lowest BCUT2D eigenvalue weighted by Gasteiger charge is -2.13. The molecule has 0 aliphatic carbocycles. The average molecular weight is 528 g/mol. The van der Waals surface area contributed by atoms with Crippen molar-refractivity contribution in [3.8, 4) is 5.75 Å². The molecule has 0 radical (unpaired) electrons. The van der Waals surface area contributed by atoms with Gasteiger partial charge < -0.3 is 19.0 Å². The van der Waals surface area contributed by atoms with Crippen LogP contribution in [0.25, 0.3) is 10.9 Å². The number of fused-ring (bicyclic) bond motifs is 1. The number of ether oxygens (including phenoxy) is 1. The van der Waals surface area contributed by atoms with E-state index in [0.717, 1.165) is 11.2 Å². The fourth-order valence-corrected chi connectivity index (χ4v) is 5.56. The van der Waals surface area contributed by atoms with Gasteiger partial charge in [-0.1, -0.05) is 30.3 Å². The van der Waals surface area contributed by atoms with E-state index in [1.165, 1.54) is 5.56 Å². The molecule has 172 valence electrons. The van der Waals surface area contributed by atoms with E-state index in [-0.39, 0.29) is 23.6 Å². The fraction of sp³-hybridized carbons (Fsp3) is 0.280. The molecule has 0 saturated heterocycles. The van der Waals surface area contributed by atoms with Gasteiger partial charge in [-0.15, -0.1) is 11.8 Å². The minimum absolute atomic E-state index is 0.115. The SMILES string of the molecule is CCOC(=O)c1c(CSC(C)c2ccccc2)n(C)c2cc(Br)c(O)c(Cn3ccnc3)c12. The maximum atomic E-state index is 13.2. The summed E-state index contributed by atoms with van der Waals surface area (Å²) < 4.78 is 9.95. The summed E-state index contributed by atoms with van der Waals surface area (Å²) in [6.07, 6.45) is 5.21. The second-order valence-corrected chi connectivity index (χ2v) is 9.96. The van der Waals surface area contributed by atoms with E-state index in [9.17, 15) is 9.90 Å². The molecule has 8 heteroatoms. The van der Waals surface area contributed by atoms with Gasteiger partial charge in [-0.25, -0.2) is 9.78 Å². The zero-order chi connectivity index (χ0) is 23.5. The van der Waals surface area contributed by atoms with E-state index in [2.05, 4.69) is 40.0 Å². The number of halogens is 1. The Morgan fingerprint density at radius 1 is 1.30 bits per heavy atom. The summed E-state index contributed by atoms with van der Waals surface area (Å²) in [5.41, 5.74) is 4.14. The van der Waals surface area contributed by atoms with Crippen LogP contribution in [0.3, 0.4) is 0 Å². The topological polar surface area (TPSA) is 69.3 Å². The van der Waals surface area contributed by atoms with Gasteiger partial charge in [0.1, 0.15) is 5.75 Å². The molecule has 0 bridgehead atoms. The Kier molecular flexibility index (Phi) is 7.14. The quantitative estimate of drug-likeness (QED) is 0.282. The highest BCUT2D eigenvalue weighted by atomic mass is 79.9. The molecule has 6 nitrogen and oxygen atoms in total. The number of aromatic hydroxyl groups is 1. The zero-order valence-corrected chi connectivity index (χ0v) is 21.2. The number of aromatic nitrogens is 3. The summed E-state index contributed by atoms with van der Waals surface area (Å²) >= 11 is 5.25. The van der Waals surface area contributed by atoms with Crippen molar-refractivity contribution < 1.29 is 14.6 Å². The number of imidazole rings is 1. The van der Waals surface area contributed by atoms with Crippen molar-refractivity contribution in [3.63, 3.8) is 0 Å². The van der Waals surface area contributed by atoms with Crippen LogP contribution in [0.4, 0.5) is 0 Å². The van der Waals surface area contributed by atoms with E-state index < -0.39 is 0 Å². The molecule has 0 aliphatic rings. The Morgan fingerprint density at radius 2 is 2.06 bits per heavy atom. The lowest BCUT2D eigenvalue weighted by molar-refractivity contribution is 0.0527. The number of rotatable bonds is 8. The van der Waals surface area contributed by atoms with E-state index in [0.29, 0.717) is 33.3 Å². The highest BCUT2D eigenvalue weighted by molar-refractivity contribution is 9.10. The normalized spacial score (nSPS) is 12.2. The van der Waals surface area contributed by atoms with Crippen molar-refractivity contribution >= 4 is 44.6 Å². The van der Waals surface area contributed by atoms with Crippen molar-refractivity contribution in [1.82, 2.24) is 14.1 Å². The molecule has 1 N–H and O–H groups in total. The van der Waals surface area contributed by atoms with Crippen molar-refractivity contribution in [2.24, 2.45) is 7.05 Å². The van der Waals surface area contributed by atoms with Crippen LogP contribution in [0.15, 0.2) is 59.6 Å². The van der Waals surface area contributed by atoms with Gasteiger partial charge in [0.25, 0.3) is 0 Å². The summed E-state index contributed by atoms with van der Waals surface area (Å²) in [5.74, 6) is 0.363. The Morgan fingerprint density at radius 3 is 2.73 bits per heavy atom. The van der Waals surface area contributed by atoms with Crippen LogP contribution >= 0.6 is 27.7 Å². The Bertz CT molecular complexity index is 1270. The smallest absolute Gasteiger partial charge is 0.340 e. The van der Waals surface area contributed by atoms with Gasteiger partial charge in [0.2, 0.25) is 0 Å². The minimum atomic E-state index is -0.375. The van der Waals surface area contributed by atoms with Gasteiger partial charge in [0, 0.05) is 47.1 Å². The van der Waals surface area contributed by atoms with E-state index in [1.54, 1.807) is 31.2 Å². The van der Waals surface area contributed by atoms with E-state index in [1.807, 2.05) is 46.6 Å². The number of aryl methyl sites for hydroxylation is 1. The summed E-state index contributed by atoms with van der Waals surface area (Å²) in [5, 5.41) is 11.9. The predicted molar refractivity (Wildman–Crippen MR) is 136 cm³/mol. The number of esters is 1. The molecule has 2 heterocycles. The molecule has 33 heavy (non-hydrogen) atoms. The van der Waals surface area contributed by atoms with Gasteiger partial charge in [0.05, 0.1) is 35.0 Å². The number of phenolic OH excluding ortho intramolecular Hbond substituents is 1. The fourth-order valence-electron chi connectivity index (χ4n) is 4.01. The summed E-state index contributed by atoms with van der Waals surface area (Å²) in [4.78, 5) is 17.3. The van der Waals surface area contributed by atoms with E-state index >= 15 is 0 Å². The van der Waals surface area contributed by atoms with Crippen LogP contribution in [0.1, 0.15) is 46.3 Å². The molecular formula is C25H26BrN3O3S. The first kappa shape index (κ1) is 23.4. The third-order valence-corrected chi connectivity index (χ3v) is 7.57. The van der Waals surface area contributed by atoms with Crippen molar-refractivity contribution in [2.45, 2.75) is 31.4 Å². The highest BCUT2D eigenvalue weighted by Crippen LogP contribution is 2.41. The first-order valence-electron chi connectivity index (χ1n) is 10.7. The highest BCUT2D eigenvalue weighted by Gasteiger charge is 2.27. The Hall–Kier alpha value is -2.71. The molecule has 0 saturated carbocycles. The van der Waals surface area contributed by atoms with Gasteiger partial charge in [-0.05, 0) is 41.4 Å². The monoisotopic (exact) mass is 527 g/mol. The molecule has 0 spiro atoms. The van der Waals surface area contributed by atoms with Crippen LogP contribution < -0.4 is 0 Å². The first-order valence-corrected chi connectivity index (χ1v) is 12.6. The molecule has 0 fully saturated rings. The van der Waals surface area contributed by atoms with Crippen LogP contribution in [-0.4, -0.2) is 31.8 Å². The van der Waals surface area contributed by atoms with Crippen molar-refractivity contribution in [2.75, 3.05) is 6.61 Å². The van der Waals surface area contributed by atoms with E-state index in [4.69, 9.17) is 4.74 Å². The average Bonchev–Trinajstić information content (AvgIpc) is 3.42. The molecule has 1 unspecified atom stereocenters. The van der Waals surface area contributed by atoms with Gasteiger partial charge >= 0.3 is 5.97 Å². The number of carbonyl (C=O) groups excluding carboxylic acids is 1. The predicted octanol–water partition coefficient (Wildman–Crippen LogP) is 6.06. The maximum absolute atomic E-state index is 13.2. The maximum Gasteiger partial charge on any atom is 0.340 e.